The van der Waals surface area contributed by atoms with Crippen molar-refractivity contribution in [3.8, 4) is 28.4 Å². The second-order valence-electron chi connectivity index (χ2n) is 13.8. The minimum Gasteiger partial charge on any atom is -0.494 e. The summed E-state index contributed by atoms with van der Waals surface area (Å²) in [6, 6.07) is 19.2. The molecule has 3 atom stereocenters. The second kappa shape index (κ2) is 10.2. The van der Waals surface area contributed by atoms with Crippen molar-refractivity contribution in [2.24, 2.45) is 24.6 Å². The molecule has 2 bridgehead atoms. The molecule has 3 unspecified atom stereocenters. The third kappa shape index (κ3) is 4.28. The number of anilines is 1. The maximum absolute atomic E-state index is 13.8. The van der Waals surface area contributed by atoms with Crippen molar-refractivity contribution in [1.82, 2.24) is 19.0 Å². The van der Waals surface area contributed by atoms with E-state index < -0.39 is 0 Å². The third-order valence-corrected chi connectivity index (χ3v) is 10.9. The van der Waals surface area contributed by atoms with Crippen molar-refractivity contribution in [2.75, 3.05) is 19.0 Å². The number of likely N-dealkylation sites (tertiary alicyclic amines) is 1. The second-order valence-corrected chi connectivity index (χ2v) is 13.8. The first-order valence-corrected chi connectivity index (χ1v) is 16.5. The van der Waals surface area contributed by atoms with E-state index in [1.165, 1.54) is 18.4 Å². The maximum atomic E-state index is 13.8. The summed E-state index contributed by atoms with van der Waals surface area (Å²) in [5.41, 5.74) is 15.1. The molecule has 2 aliphatic heterocycles. The first kappa shape index (κ1) is 27.7. The Labute approximate surface area is 267 Å². The molecule has 1 saturated heterocycles. The number of carbonyl (C=O) groups is 2. The summed E-state index contributed by atoms with van der Waals surface area (Å²) in [5, 5.41) is 4.20. The Kier molecular flexibility index (Phi) is 6.13. The summed E-state index contributed by atoms with van der Waals surface area (Å²) in [5.74, 6) is 2.60. The van der Waals surface area contributed by atoms with E-state index >= 15 is 0 Å². The third-order valence-electron chi connectivity index (χ3n) is 10.9. The Morgan fingerprint density at radius 2 is 1.85 bits per heavy atom. The molecule has 2 aromatic heterocycles. The van der Waals surface area contributed by atoms with Gasteiger partial charge in [-0.3, -0.25) is 9.59 Å². The Balaban J connectivity index is 1.14. The van der Waals surface area contributed by atoms with E-state index in [1.54, 1.807) is 7.11 Å². The van der Waals surface area contributed by atoms with E-state index in [0.29, 0.717) is 29.6 Å². The Bertz CT molecular complexity index is 2090. The summed E-state index contributed by atoms with van der Waals surface area (Å²) in [7, 11) is 3.68. The lowest BCUT2D eigenvalue weighted by molar-refractivity contribution is -0.116. The highest BCUT2D eigenvalue weighted by Gasteiger charge is 2.47. The molecule has 3 N–H and O–H groups in total. The van der Waals surface area contributed by atoms with Crippen molar-refractivity contribution < 1.29 is 14.3 Å². The van der Waals surface area contributed by atoms with Crippen LogP contribution in [0.4, 0.5) is 5.69 Å². The molecule has 0 spiro atoms. The van der Waals surface area contributed by atoms with Crippen LogP contribution in [0.25, 0.3) is 44.6 Å². The number of methoxy groups -OCH3 is 1. The van der Waals surface area contributed by atoms with Gasteiger partial charge in [0, 0.05) is 60.8 Å². The van der Waals surface area contributed by atoms with Gasteiger partial charge in [0.2, 0.25) is 5.91 Å². The van der Waals surface area contributed by atoms with Crippen LogP contribution in [0.3, 0.4) is 0 Å². The summed E-state index contributed by atoms with van der Waals surface area (Å²) in [6.45, 7) is 1.65. The van der Waals surface area contributed by atoms with Gasteiger partial charge < -0.3 is 29.8 Å². The van der Waals surface area contributed by atoms with Gasteiger partial charge in [0.05, 0.1) is 18.3 Å². The molecular weight excluding hydrogens is 576 g/mol. The number of nitrogens with one attached hydrogen (secondary N) is 1. The highest BCUT2D eigenvalue weighted by Crippen LogP contribution is 2.41. The van der Waals surface area contributed by atoms with Gasteiger partial charge in [0.1, 0.15) is 11.3 Å². The maximum Gasteiger partial charge on any atom is 0.254 e. The molecule has 46 heavy (non-hydrogen) atoms. The highest BCUT2D eigenvalue weighted by atomic mass is 16.5. The van der Waals surface area contributed by atoms with Gasteiger partial charge in [-0.25, -0.2) is 4.98 Å². The first-order chi connectivity index (χ1) is 22.4. The SMILES string of the molecule is COc1cc(C(=O)N2CC3CCC2C3N)cc2nc(-c3cc4ccc(-c5ccc6c(c5)NC(=O)CC6)cc4n3CC3CC3)n(C)c12. The van der Waals surface area contributed by atoms with Crippen LogP contribution in [0.15, 0.2) is 54.6 Å². The van der Waals surface area contributed by atoms with Crippen molar-refractivity contribution in [2.45, 2.75) is 57.2 Å². The lowest BCUT2D eigenvalue weighted by atomic mass is 9.97. The van der Waals surface area contributed by atoms with Crippen LogP contribution in [0.1, 0.15) is 48.0 Å². The lowest BCUT2D eigenvalue weighted by Crippen LogP contribution is -2.41. The topological polar surface area (TPSA) is 107 Å². The molecular formula is C37H38N6O3. The molecule has 2 aliphatic carbocycles. The van der Waals surface area contributed by atoms with Crippen molar-refractivity contribution >= 4 is 39.4 Å². The smallest absolute Gasteiger partial charge is 0.254 e. The van der Waals surface area contributed by atoms with E-state index in [1.807, 2.05) is 24.1 Å². The van der Waals surface area contributed by atoms with Gasteiger partial charge in [-0.2, -0.15) is 0 Å². The molecule has 2 saturated carbocycles. The summed E-state index contributed by atoms with van der Waals surface area (Å²) >= 11 is 0. The van der Waals surface area contributed by atoms with Gasteiger partial charge in [0.15, 0.2) is 5.82 Å². The highest BCUT2D eigenvalue weighted by molar-refractivity contribution is 6.01. The predicted molar refractivity (Wildman–Crippen MR) is 179 cm³/mol. The number of rotatable bonds is 6. The number of aromatic nitrogens is 3. The van der Waals surface area contributed by atoms with Gasteiger partial charge in [0.25, 0.3) is 5.91 Å². The Hall–Kier alpha value is -4.63. The number of fused-ring (bicyclic) bond motifs is 5. The van der Waals surface area contributed by atoms with Crippen LogP contribution in [-0.2, 0) is 24.8 Å². The summed E-state index contributed by atoms with van der Waals surface area (Å²) < 4.78 is 10.4. The zero-order chi connectivity index (χ0) is 31.3. The van der Waals surface area contributed by atoms with E-state index in [-0.39, 0.29) is 23.9 Å². The van der Waals surface area contributed by atoms with Crippen molar-refractivity contribution in [3.05, 3.63) is 65.7 Å². The number of imidazole rings is 1. The van der Waals surface area contributed by atoms with E-state index in [2.05, 4.69) is 56.9 Å². The number of nitrogens with zero attached hydrogens (tertiary/aromatic N) is 4. The number of benzene rings is 3. The normalized spacial score (nSPS) is 22.1. The number of amides is 2. The number of piperidine rings is 1. The number of carbonyl (C=O) groups excluding carboxylic acids is 2. The van der Waals surface area contributed by atoms with Crippen LogP contribution in [0, 0.1) is 11.8 Å². The van der Waals surface area contributed by atoms with Gasteiger partial charge in [-0.15, -0.1) is 0 Å². The number of hydrogen-bond acceptors (Lipinski definition) is 5. The zero-order valence-electron chi connectivity index (χ0n) is 26.3. The molecule has 234 valence electrons. The standard InChI is InChI=1S/C37H38N6O3/c1-41-35-28(14-26(17-32(35)46-2)37(45)43-19-25-9-11-29(43)34(25)38)40-36(41)31-16-24-8-7-23(15-30(24)42(31)18-20-3-4-20)22-6-5-21-10-12-33(44)39-27(21)13-22/h5-8,13-17,20,25,29,34H,3-4,9-12,18-19,38H2,1-2H3,(H,39,44). The fourth-order valence-electron chi connectivity index (χ4n) is 8.19. The molecule has 2 amide bonds. The summed E-state index contributed by atoms with van der Waals surface area (Å²) in [4.78, 5) is 33.0. The van der Waals surface area contributed by atoms with Crippen LogP contribution in [0.5, 0.6) is 5.75 Å². The largest absolute Gasteiger partial charge is 0.494 e. The predicted octanol–water partition coefficient (Wildman–Crippen LogP) is 5.73. The quantitative estimate of drug-likeness (QED) is 0.254. The van der Waals surface area contributed by atoms with Gasteiger partial charge in [-0.05, 0) is 91.0 Å². The Morgan fingerprint density at radius 1 is 1.02 bits per heavy atom. The molecule has 5 aromatic rings. The molecule has 3 fully saturated rings. The van der Waals surface area contributed by atoms with Crippen LogP contribution < -0.4 is 15.8 Å². The molecule has 9 rings (SSSR count). The average molecular weight is 615 g/mol. The summed E-state index contributed by atoms with van der Waals surface area (Å²) in [6.07, 6.45) is 5.85. The first-order valence-electron chi connectivity index (χ1n) is 16.5. The van der Waals surface area contributed by atoms with E-state index in [0.717, 1.165) is 82.6 Å². The van der Waals surface area contributed by atoms with Crippen LogP contribution in [-0.4, -0.2) is 56.6 Å². The number of nitrogens with two attached hydrogens (primary N) is 1. The van der Waals surface area contributed by atoms with Gasteiger partial charge >= 0.3 is 0 Å². The van der Waals surface area contributed by atoms with Crippen molar-refractivity contribution in [1.29, 1.82) is 0 Å². The molecule has 9 heteroatoms. The van der Waals surface area contributed by atoms with E-state index in [9.17, 15) is 9.59 Å². The fourth-order valence-corrected chi connectivity index (χ4v) is 8.19. The van der Waals surface area contributed by atoms with Crippen LogP contribution >= 0.6 is 0 Å². The number of aryl methyl sites for hydroxylation is 2. The molecule has 4 aliphatic rings. The average Bonchev–Trinajstić information content (AvgIpc) is 3.47. The lowest BCUT2D eigenvalue weighted by Gasteiger charge is -2.27. The van der Waals surface area contributed by atoms with Crippen molar-refractivity contribution in [3.63, 3.8) is 0 Å². The molecule has 0 radical (unpaired) electrons. The fraction of sp³-hybridized carbons (Fsp3) is 0.378. The minimum absolute atomic E-state index is 0.00664. The molecule has 3 aromatic carbocycles. The number of ether oxygens (including phenoxy) is 1. The molecule has 9 nitrogen and oxygen atoms in total. The van der Waals surface area contributed by atoms with E-state index in [4.69, 9.17) is 15.5 Å². The minimum atomic E-state index is 0.00664. The number of hydrogen-bond donors (Lipinski definition) is 2. The Morgan fingerprint density at radius 3 is 2.61 bits per heavy atom. The van der Waals surface area contributed by atoms with Crippen LogP contribution in [0.2, 0.25) is 0 Å². The monoisotopic (exact) mass is 614 g/mol. The molecule has 4 heterocycles. The van der Waals surface area contributed by atoms with Gasteiger partial charge in [-0.1, -0.05) is 24.3 Å². The zero-order valence-corrected chi connectivity index (χ0v) is 26.3.